The average molecular weight is 129 g/mol. The summed E-state index contributed by atoms with van der Waals surface area (Å²) in [5.41, 5.74) is 5.45. The van der Waals surface area contributed by atoms with E-state index in [2.05, 4.69) is 0 Å². The highest BCUT2D eigenvalue weighted by atomic mass is 32.2. The molecule has 0 aromatic carbocycles. The quantitative estimate of drug-likeness (QED) is 0.512. The van der Waals surface area contributed by atoms with Crippen LogP contribution in [0.4, 0.5) is 0 Å². The summed E-state index contributed by atoms with van der Waals surface area (Å²) in [4.78, 5) is 10.1. The van der Waals surface area contributed by atoms with E-state index in [1.54, 1.807) is 0 Å². The second-order valence-electron chi connectivity index (χ2n) is 1.64. The first-order valence-corrected chi connectivity index (χ1v) is 3.32. The first-order valence-electron chi connectivity index (χ1n) is 2.37. The fraction of sp³-hybridized carbons (Fsp3) is 0.400. The Hall–Kier alpha value is -0.280. The highest BCUT2D eigenvalue weighted by Gasteiger charge is 2.17. The molecule has 0 aliphatic carbocycles. The monoisotopic (exact) mass is 129 g/mol. The van der Waals surface area contributed by atoms with Crippen LogP contribution in [-0.4, -0.2) is 17.6 Å². The lowest BCUT2D eigenvalue weighted by Gasteiger charge is -2.03. The molecule has 2 nitrogen and oxygen atoms in total. The van der Waals surface area contributed by atoms with Crippen molar-refractivity contribution in [2.75, 3.05) is 0 Å². The molecule has 2 unspecified atom stereocenters. The topological polar surface area (TPSA) is 43.1 Å². The molecule has 2 N–H and O–H groups in total. The molecule has 1 aliphatic rings. The first kappa shape index (κ1) is 5.85. The number of hydrogen-bond donors (Lipinski definition) is 1. The Bertz CT molecular complexity index is 124. The lowest BCUT2D eigenvalue weighted by molar-refractivity contribution is -0.107. The van der Waals surface area contributed by atoms with Gasteiger partial charge >= 0.3 is 0 Å². The molecule has 3 heteroatoms. The van der Waals surface area contributed by atoms with Crippen molar-refractivity contribution < 1.29 is 4.79 Å². The predicted octanol–water partition coefficient (Wildman–Crippen LogP) is 0.142. The molecule has 1 rings (SSSR count). The Morgan fingerprint density at radius 2 is 2.50 bits per heavy atom. The molecule has 0 spiro atoms. The second kappa shape index (κ2) is 2.33. The van der Waals surface area contributed by atoms with E-state index >= 15 is 0 Å². The largest absolute Gasteiger partial charge is 0.323 e. The minimum atomic E-state index is -0.0579. The fourth-order valence-corrected chi connectivity index (χ4v) is 1.34. The average Bonchev–Trinajstić information content (AvgIpc) is 2.14. The smallest absolute Gasteiger partial charge is 0.135 e. The summed E-state index contributed by atoms with van der Waals surface area (Å²) in [6, 6.07) is -0.0579. The molecule has 0 amide bonds. The lowest BCUT2D eigenvalue weighted by Crippen LogP contribution is -2.27. The molecule has 0 bridgehead atoms. The Kier molecular flexibility index (Phi) is 1.70. The zero-order valence-electron chi connectivity index (χ0n) is 4.28. The molecule has 2 atom stereocenters. The van der Waals surface area contributed by atoms with Crippen molar-refractivity contribution in [2.24, 2.45) is 5.73 Å². The van der Waals surface area contributed by atoms with Crippen molar-refractivity contribution in [1.82, 2.24) is 0 Å². The standard InChI is InChI=1S/C5H7NOS/c6-4-1-2-8-5(4)3-7/h1-5H,6H2. The molecule has 0 radical (unpaired) electrons. The van der Waals surface area contributed by atoms with Crippen molar-refractivity contribution in [3.63, 3.8) is 0 Å². The van der Waals surface area contributed by atoms with Gasteiger partial charge in [-0.3, -0.25) is 0 Å². The molecule has 0 saturated carbocycles. The van der Waals surface area contributed by atoms with Gasteiger partial charge in [0.25, 0.3) is 0 Å². The number of carbonyl (C=O) groups is 1. The molecule has 0 fully saturated rings. The number of carbonyl (C=O) groups excluding carboxylic acids is 1. The van der Waals surface area contributed by atoms with E-state index in [0.29, 0.717) is 0 Å². The van der Waals surface area contributed by atoms with Crippen molar-refractivity contribution >= 4 is 18.0 Å². The van der Waals surface area contributed by atoms with Crippen LogP contribution >= 0.6 is 11.8 Å². The summed E-state index contributed by atoms with van der Waals surface area (Å²) >= 11 is 1.48. The maximum atomic E-state index is 10.1. The van der Waals surface area contributed by atoms with Crippen LogP contribution in [0, 0.1) is 0 Å². The summed E-state index contributed by atoms with van der Waals surface area (Å²) < 4.78 is 0. The van der Waals surface area contributed by atoms with Gasteiger partial charge in [-0.15, -0.1) is 11.8 Å². The summed E-state index contributed by atoms with van der Waals surface area (Å²) in [7, 11) is 0. The maximum absolute atomic E-state index is 10.1. The predicted molar refractivity (Wildman–Crippen MR) is 34.6 cm³/mol. The second-order valence-corrected chi connectivity index (χ2v) is 2.73. The first-order chi connectivity index (χ1) is 3.84. The molecule has 44 valence electrons. The van der Waals surface area contributed by atoms with Gasteiger partial charge in [0.15, 0.2) is 0 Å². The van der Waals surface area contributed by atoms with Gasteiger partial charge in [0.1, 0.15) is 6.29 Å². The molecule has 0 aromatic rings. The fourth-order valence-electron chi connectivity index (χ4n) is 0.550. The van der Waals surface area contributed by atoms with Crippen molar-refractivity contribution in [3.8, 4) is 0 Å². The van der Waals surface area contributed by atoms with Gasteiger partial charge in [-0.2, -0.15) is 0 Å². The highest BCUT2D eigenvalue weighted by Crippen LogP contribution is 2.20. The summed E-state index contributed by atoms with van der Waals surface area (Å²) in [6.07, 6.45) is 2.72. The van der Waals surface area contributed by atoms with Crippen LogP contribution in [0.25, 0.3) is 0 Å². The molecular weight excluding hydrogens is 122 g/mol. The van der Waals surface area contributed by atoms with Gasteiger partial charge in [0, 0.05) is 6.04 Å². The molecular formula is C5H7NOS. The van der Waals surface area contributed by atoms with Crippen molar-refractivity contribution in [2.45, 2.75) is 11.3 Å². The summed E-state index contributed by atoms with van der Waals surface area (Å²) in [6.45, 7) is 0. The third kappa shape index (κ3) is 0.928. The van der Waals surface area contributed by atoms with Crippen LogP contribution in [0.15, 0.2) is 11.5 Å². The van der Waals surface area contributed by atoms with E-state index in [-0.39, 0.29) is 11.3 Å². The highest BCUT2D eigenvalue weighted by molar-refractivity contribution is 8.03. The molecule has 0 saturated heterocycles. The Morgan fingerprint density at radius 1 is 1.75 bits per heavy atom. The third-order valence-electron chi connectivity index (χ3n) is 1.05. The van der Waals surface area contributed by atoms with Crippen LogP contribution in [0.3, 0.4) is 0 Å². The van der Waals surface area contributed by atoms with Gasteiger partial charge in [-0.1, -0.05) is 6.08 Å². The van der Waals surface area contributed by atoms with Gasteiger partial charge in [0.2, 0.25) is 0 Å². The number of nitrogens with two attached hydrogens (primary N) is 1. The molecule has 1 heterocycles. The zero-order valence-corrected chi connectivity index (χ0v) is 5.10. The van der Waals surface area contributed by atoms with E-state index < -0.39 is 0 Å². The summed E-state index contributed by atoms with van der Waals surface area (Å²) in [5.74, 6) is 0. The zero-order chi connectivity index (χ0) is 5.98. The van der Waals surface area contributed by atoms with Gasteiger partial charge < -0.3 is 10.5 Å². The molecule has 0 aromatic heterocycles. The molecule has 8 heavy (non-hydrogen) atoms. The number of hydrogen-bond acceptors (Lipinski definition) is 3. The van der Waals surface area contributed by atoms with Gasteiger partial charge in [-0.05, 0) is 5.41 Å². The number of rotatable bonds is 1. The van der Waals surface area contributed by atoms with Crippen LogP contribution in [0.1, 0.15) is 0 Å². The lowest BCUT2D eigenvalue weighted by atomic mass is 10.2. The molecule has 1 aliphatic heterocycles. The van der Waals surface area contributed by atoms with Crippen molar-refractivity contribution in [1.29, 1.82) is 0 Å². The third-order valence-corrected chi connectivity index (χ3v) is 2.10. The normalized spacial score (nSPS) is 35.6. The Labute approximate surface area is 52.1 Å². The maximum Gasteiger partial charge on any atom is 0.135 e. The van der Waals surface area contributed by atoms with E-state index in [4.69, 9.17) is 5.73 Å². The minimum Gasteiger partial charge on any atom is -0.323 e. The van der Waals surface area contributed by atoms with E-state index in [1.165, 1.54) is 11.8 Å². The van der Waals surface area contributed by atoms with Crippen LogP contribution in [0.2, 0.25) is 0 Å². The number of thioether (sulfide) groups is 1. The van der Waals surface area contributed by atoms with Crippen LogP contribution < -0.4 is 5.73 Å². The van der Waals surface area contributed by atoms with Crippen LogP contribution in [0.5, 0.6) is 0 Å². The van der Waals surface area contributed by atoms with Gasteiger partial charge in [-0.25, -0.2) is 0 Å². The Balaban J connectivity index is 2.50. The van der Waals surface area contributed by atoms with E-state index in [0.717, 1.165) is 6.29 Å². The Morgan fingerprint density at radius 3 is 2.75 bits per heavy atom. The number of aldehydes is 1. The van der Waals surface area contributed by atoms with E-state index in [9.17, 15) is 4.79 Å². The van der Waals surface area contributed by atoms with E-state index in [1.807, 2.05) is 11.5 Å². The van der Waals surface area contributed by atoms with Crippen molar-refractivity contribution in [3.05, 3.63) is 11.5 Å². The summed E-state index contributed by atoms with van der Waals surface area (Å²) in [5, 5.41) is 1.83. The van der Waals surface area contributed by atoms with Gasteiger partial charge in [0.05, 0.1) is 5.25 Å². The van der Waals surface area contributed by atoms with Crippen LogP contribution in [-0.2, 0) is 4.79 Å². The minimum absolute atomic E-state index is 0.0324. The SMILES string of the molecule is NC1C=CSC1C=O.